The Balaban J connectivity index is 2.39. The van der Waals surface area contributed by atoms with E-state index in [0.717, 1.165) is 11.1 Å². The van der Waals surface area contributed by atoms with Gasteiger partial charge in [0.25, 0.3) is 11.2 Å². The predicted molar refractivity (Wildman–Crippen MR) is 98.1 cm³/mol. The molecular weight excluding hydrogens is 318 g/mol. The highest BCUT2D eigenvalue weighted by Gasteiger charge is 2.18. The van der Waals surface area contributed by atoms with Crippen molar-refractivity contribution < 1.29 is 0 Å². The van der Waals surface area contributed by atoms with Gasteiger partial charge < -0.3 is 0 Å². The molecule has 24 heavy (non-hydrogen) atoms. The van der Waals surface area contributed by atoms with Gasteiger partial charge in [-0.1, -0.05) is 48.0 Å². The largest absolute Gasteiger partial charge is 0.282 e. The SMILES string of the molecule is [C-]#[N+]c1c(SC)nc(-c2ccccc2)n(-c2ccc(C)cc2)c1=O. The van der Waals surface area contributed by atoms with Crippen molar-refractivity contribution in [1.82, 2.24) is 9.55 Å². The van der Waals surface area contributed by atoms with Gasteiger partial charge in [0, 0.05) is 11.3 Å². The van der Waals surface area contributed by atoms with Crippen molar-refractivity contribution in [3.63, 3.8) is 0 Å². The smallest absolute Gasteiger partial charge is 0.282 e. The highest BCUT2D eigenvalue weighted by atomic mass is 32.2. The Hall–Kier alpha value is -2.84. The molecule has 1 aromatic heterocycles. The molecule has 0 radical (unpaired) electrons. The lowest BCUT2D eigenvalue weighted by molar-refractivity contribution is 0.915. The molecule has 0 spiro atoms. The molecule has 4 nitrogen and oxygen atoms in total. The first-order chi connectivity index (χ1) is 11.7. The fourth-order valence-electron chi connectivity index (χ4n) is 2.44. The summed E-state index contributed by atoms with van der Waals surface area (Å²) in [6, 6.07) is 17.2. The molecule has 0 unspecified atom stereocenters. The zero-order chi connectivity index (χ0) is 17.1. The topological polar surface area (TPSA) is 39.2 Å². The Bertz CT molecular complexity index is 970. The Morgan fingerprint density at radius 1 is 1.08 bits per heavy atom. The fraction of sp³-hybridized carbons (Fsp3) is 0.105. The second kappa shape index (κ2) is 6.73. The van der Waals surface area contributed by atoms with Gasteiger partial charge in [-0.2, -0.15) is 0 Å². The maximum absolute atomic E-state index is 13.0. The maximum Gasteiger partial charge on any atom is 0.282 e. The van der Waals surface area contributed by atoms with Crippen molar-refractivity contribution in [1.29, 1.82) is 0 Å². The average molecular weight is 333 g/mol. The first kappa shape index (κ1) is 16.0. The van der Waals surface area contributed by atoms with Crippen LogP contribution in [0.4, 0.5) is 5.69 Å². The van der Waals surface area contributed by atoms with E-state index in [1.807, 2.05) is 67.8 Å². The third-order valence-corrected chi connectivity index (χ3v) is 4.33. The van der Waals surface area contributed by atoms with E-state index in [1.54, 1.807) is 0 Å². The highest BCUT2D eigenvalue weighted by Crippen LogP contribution is 2.28. The van der Waals surface area contributed by atoms with Crippen molar-refractivity contribution in [2.24, 2.45) is 0 Å². The van der Waals surface area contributed by atoms with Crippen LogP contribution in [-0.2, 0) is 0 Å². The molecule has 0 aliphatic carbocycles. The number of thioether (sulfide) groups is 1. The van der Waals surface area contributed by atoms with Crippen LogP contribution in [0.1, 0.15) is 5.56 Å². The summed E-state index contributed by atoms with van der Waals surface area (Å²) in [6.45, 7) is 9.35. The third-order valence-electron chi connectivity index (χ3n) is 3.66. The summed E-state index contributed by atoms with van der Waals surface area (Å²) in [5.41, 5.74) is 2.36. The van der Waals surface area contributed by atoms with E-state index in [1.165, 1.54) is 16.3 Å². The van der Waals surface area contributed by atoms with Gasteiger partial charge in [0.15, 0.2) is 0 Å². The second-order valence-electron chi connectivity index (χ2n) is 5.25. The predicted octanol–water partition coefficient (Wildman–Crippen LogP) is 4.48. The van der Waals surface area contributed by atoms with Gasteiger partial charge in [-0.05, 0) is 25.3 Å². The molecule has 5 heteroatoms. The van der Waals surface area contributed by atoms with E-state index in [-0.39, 0.29) is 11.2 Å². The average Bonchev–Trinajstić information content (AvgIpc) is 2.62. The van der Waals surface area contributed by atoms with E-state index in [2.05, 4.69) is 9.83 Å². The van der Waals surface area contributed by atoms with E-state index in [0.29, 0.717) is 16.5 Å². The van der Waals surface area contributed by atoms with Gasteiger partial charge in [0.1, 0.15) is 10.9 Å². The van der Waals surface area contributed by atoms with Crippen LogP contribution in [-0.4, -0.2) is 15.8 Å². The van der Waals surface area contributed by atoms with Gasteiger partial charge >= 0.3 is 0 Å². The molecule has 3 aromatic rings. The lowest BCUT2D eigenvalue weighted by Gasteiger charge is -2.15. The standard InChI is InChI=1S/C19H15N3OS/c1-13-9-11-15(12-10-13)22-17(14-7-5-4-6-8-14)21-18(24-3)16(20-2)19(22)23/h4-12H,1,3H3. The van der Waals surface area contributed by atoms with Crippen LogP contribution in [0, 0.1) is 13.5 Å². The molecular formula is C19H15N3OS. The van der Waals surface area contributed by atoms with Crippen molar-refractivity contribution >= 4 is 17.4 Å². The molecule has 0 N–H and O–H groups in total. The molecule has 0 saturated heterocycles. The minimum atomic E-state index is -0.341. The zero-order valence-electron chi connectivity index (χ0n) is 13.4. The van der Waals surface area contributed by atoms with Crippen LogP contribution in [0.2, 0.25) is 0 Å². The summed E-state index contributed by atoms with van der Waals surface area (Å²) in [6.07, 6.45) is 1.82. The van der Waals surface area contributed by atoms with Crippen LogP contribution in [0.3, 0.4) is 0 Å². The van der Waals surface area contributed by atoms with Crippen LogP contribution in [0.15, 0.2) is 64.4 Å². The second-order valence-corrected chi connectivity index (χ2v) is 6.04. The van der Waals surface area contributed by atoms with Crippen molar-refractivity contribution in [3.05, 3.63) is 81.9 Å². The maximum atomic E-state index is 13.0. The molecule has 0 saturated carbocycles. The summed E-state index contributed by atoms with van der Waals surface area (Å²) in [7, 11) is 0. The van der Waals surface area contributed by atoms with Crippen molar-refractivity contribution in [3.8, 4) is 17.1 Å². The van der Waals surface area contributed by atoms with Crippen LogP contribution in [0.5, 0.6) is 0 Å². The van der Waals surface area contributed by atoms with Gasteiger partial charge in [0.2, 0.25) is 0 Å². The van der Waals surface area contributed by atoms with E-state index in [4.69, 9.17) is 6.57 Å². The number of rotatable bonds is 3. The summed E-state index contributed by atoms with van der Waals surface area (Å²) in [5, 5.41) is 0.456. The number of nitrogens with zero attached hydrogens (tertiary/aromatic N) is 3. The third kappa shape index (κ3) is 2.84. The lowest BCUT2D eigenvalue weighted by atomic mass is 10.2. The first-order valence-electron chi connectivity index (χ1n) is 7.36. The molecule has 0 amide bonds. The van der Waals surface area contributed by atoms with Crippen LogP contribution < -0.4 is 5.56 Å². The Kier molecular flexibility index (Phi) is 4.50. The minimum Gasteiger partial charge on any atom is -0.282 e. The number of hydrogen-bond acceptors (Lipinski definition) is 3. The zero-order valence-corrected chi connectivity index (χ0v) is 14.2. The van der Waals surface area contributed by atoms with Gasteiger partial charge in [-0.3, -0.25) is 9.36 Å². The van der Waals surface area contributed by atoms with Crippen molar-refractivity contribution in [2.45, 2.75) is 11.9 Å². The highest BCUT2D eigenvalue weighted by molar-refractivity contribution is 7.98. The number of aryl methyl sites for hydroxylation is 1. The van der Waals surface area contributed by atoms with Gasteiger partial charge in [-0.15, -0.1) is 11.8 Å². The number of benzene rings is 2. The van der Waals surface area contributed by atoms with Crippen molar-refractivity contribution in [2.75, 3.05) is 6.26 Å². The number of hydrogen-bond donors (Lipinski definition) is 0. The summed E-state index contributed by atoms with van der Waals surface area (Å²) in [5.74, 6) is 0.543. The van der Waals surface area contributed by atoms with E-state index >= 15 is 0 Å². The molecule has 3 rings (SSSR count). The van der Waals surface area contributed by atoms with E-state index in [9.17, 15) is 4.79 Å². The molecule has 118 valence electrons. The Morgan fingerprint density at radius 3 is 2.33 bits per heavy atom. The number of aromatic nitrogens is 2. The van der Waals surface area contributed by atoms with Gasteiger partial charge in [0.05, 0.1) is 6.57 Å². The normalized spacial score (nSPS) is 10.4. The molecule has 0 fully saturated rings. The monoisotopic (exact) mass is 333 g/mol. The molecule has 0 aliphatic heterocycles. The summed E-state index contributed by atoms with van der Waals surface area (Å²) in [4.78, 5) is 21.0. The lowest BCUT2D eigenvalue weighted by Crippen LogP contribution is -2.22. The van der Waals surface area contributed by atoms with E-state index < -0.39 is 0 Å². The van der Waals surface area contributed by atoms with Crippen LogP contribution in [0.25, 0.3) is 21.9 Å². The van der Waals surface area contributed by atoms with Gasteiger partial charge in [-0.25, -0.2) is 9.83 Å². The molecule has 0 aliphatic rings. The summed E-state index contributed by atoms with van der Waals surface area (Å²) >= 11 is 1.31. The Morgan fingerprint density at radius 2 is 1.75 bits per heavy atom. The van der Waals surface area contributed by atoms with Crippen LogP contribution >= 0.6 is 11.8 Å². The molecule has 0 bridgehead atoms. The quantitative estimate of drug-likeness (QED) is 0.403. The fourth-order valence-corrected chi connectivity index (χ4v) is 2.95. The minimum absolute atomic E-state index is 0.0581. The Labute approximate surface area is 144 Å². The molecule has 1 heterocycles. The molecule has 0 atom stereocenters. The summed E-state index contributed by atoms with van der Waals surface area (Å²) < 4.78 is 1.52. The first-order valence-corrected chi connectivity index (χ1v) is 8.59. The molecule has 2 aromatic carbocycles.